The molecule has 4 rings (SSSR count). The maximum atomic E-state index is 12.0. The fraction of sp³-hybridized carbons (Fsp3) is 0.211. The van der Waals surface area contributed by atoms with E-state index in [1.807, 2.05) is 0 Å². The van der Waals surface area contributed by atoms with Gasteiger partial charge in [0.1, 0.15) is 21.9 Å². The number of fused-ring (bicyclic) bond motifs is 1. The van der Waals surface area contributed by atoms with Crippen LogP contribution in [-0.4, -0.2) is 52.5 Å². The Morgan fingerprint density at radius 3 is 2.47 bits per heavy atom. The Balaban J connectivity index is 0.00000289. The molecule has 1 N–H and O–H groups in total. The van der Waals surface area contributed by atoms with Gasteiger partial charge in [0.2, 0.25) is 0 Å². The van der Waals surface area contributed by atoms with Crippen molar-refractivity contribution < 1.29 is 52.4 Å². The second-order valence-corrected chi connectivity index (χ2v) is 9.13. The number of aliphatic hydroxyl groups is 1. The zero-order valence-corrected chi connectivity index (χ0v) is 21.0. The minimum Gasteiger partial charge on any atom is -0.744 e. The predicted molar refractivity (Wildman–Crippen MR) is 113 cm³/mol. The van der Waals surface area contributed by atoms with Crippen LogP contribution in [-0.2, 0) is 14.9 Å². The fourth-order valence-electron chi connectivity index (χ4n) is 3.14. The van der Waals surface area contributed by atoms with Gasteiger partial charge in [-0.3, -0.25) is 4.79 Å². The molecule has 1 aromatic heterocycles. The number of hydrogen-bond donors (Lipinski definition) is 1. The van der Waals surface area contributed by atoms with E-state index in [0.29, 0.717) is 37.8 Å². The second kappa shape index (κ2) is 9.43. The monoisotopic (exact) mass is 481 g/mol. The summed E-state index contributed by atoms with van der Waals surface area (Å²) in [4.78, 5) is 16.2. The fourth-order valence-corrected chi connectivity index (χ4v) is 5.43. The summed E-state index contributed by atoms with van der Waals surface area (Å²) >= 11 is 1.13. The van der Waals surface area contributed by atoms with E-state index < -0.39 is 28.8 Å². The number of benzene rings is 2. The van der Waals surface area contributed by atoms with Gasteiger partial charge in [-0.1, -0.05) is 6.07 Å². The van der Waals surface area contributed by atoms with Crippen molar-refractivity contribution >= 4 is 49.0 Å². The number of amides is 1. The van der Waals surface area contributed by atoms with E-state index in [1.165, 1.54) is 0 Å². The number of aromatic nitrogens is 1. The summed E-state index contributed by atoms with van der Waals surface area (Å²) in [5.74, 6) is -0.450. The third kappa shape index (κ3) is 4.66. The van der Waals surface area contributed by atoms with Crippen LogP contribution in [0.25, 0.3) is 20.8 Å². The van der Waals surface area contributed by atoms with Crippen LogP contribution in [0.1, 0.15) is 12.5 Å². The molecule has 13 heteroatoms. The van der Waals surface area contributed by atoms with Gasteiger partial charge < -0.3 is 9.66 Å². The van der Waals surface area contributed by atoms with E-state index in [9.17, 15) is 17.8 Å². The number of azo groups is 1. The van der Waals surface area contributed by atoms with Crippen LogP contribution >= 0.6 is 11.3 Å². The number of hydrogen-bond acceptors (Lipinski definition) is 10. The molecule has 2 aromatic carbocycles. The molecule has 0 saturated carbocycles. The van der Waals surface area contributed by atoms with Crippen molar-refractivity contribution in [1.82, 2.24) is 9.99 Å². The van der Waals surface area contributed by atoms with Gasteiger partial charge in [-0.15, -0.1) is 11.3 Å². The number of aliphatic hydroxyl groups excluding tert-OH is 1. The summed E-state index contributed by atoms with van der Waals surface area (Å²) in [6, 6.07) is 9.21. The molecule has 3 aromatic rings. The average Bonchev–Trinajstić information content (AvgIpc) is 3.26. The second-order valence-electron chi connectivity index (χ2n) is 6.82. The molecule has 1 unspecified atom stereocenters. The van der Waals surface area contributed by atoms with Gasteiger partial charge >= 0.3 is 29.6 Å². The molecule has 160 valence electrons. The minimum absolute atomic E-state index is 0. The molecule has 0 spiro atoms. The van der Waals surface area contributed by atoms with Crippen molar-refractivity contribution in [3.63, 3.8) is 0 Å². The van der Waals surface area contributed by atoms with E-state index in [4.69, 9.17) is 5.11 Å². The van der Waals surface area contributed by atoms with Gasteiger partial charge in [0.05, 0.1) is 26.5 Å². The first kappa shape index (κ1) is 24.6. The molecule has 1 atom stereocenters. The van der Waals surface area contributed by atoms with Crippen molar-refractivity contribution in [2.45, 2.75) is 24.8 Å². The molecule has 1 aliphatic heterocycles. The largest absolute Gasteiger partial charge is 1.00 e. The Hall–Kier alpha value is -2.06. The SMILES string of the molecule is CC1=NN(CO)C(=O)C1N=Nc1ccc(-c2nc3ccc(C)c(S(=O)(=O)[O-])c3s2)cc1.[Na+]. The molecule has 32 heavy (non-hydrogen) atoms. The Kier molecular flexibility index (Phi) is 7.25. The van der Waals surface area contributed by atoms with Gasteiger partial charge in [-0.05, 0) is 49.7 Å². The van der Waals surface area contributed by atoms with E-state index in [2.05, 4.69) is 20.3 Å². The Labute approximate surface area is 209 Å². The van der Waals surface area contributed by atoms with E-state index in [0.717, 1.165) is 16.3 Å². The Morgan fingerprint density at radius 2 is 1.88 bits per heavy atom. The Bertz CT molecular complexity index is 1350. The standard InChI is InChI=1S/C19H17N5O5S2.Na/c1-10-3-8-14-16(17(10)31(27,28)29)30-18(20-14)12-4-6-13(7-5-12)21-22-15-11(2)23-24(9-25)19(15)26;/h3-8,15,25H,9H2,1-2H3,(H,27,28,29);/q;+1/p-1. The molecule has 0 radical (unpaired) electrons. The molecule has 1 amide bonds. The van der Waals surface area contributed by atoms with E-state index in [-0.39, 0.29) is 34.5 Å². The van der Waals surface area contributed by atoms with Crippen LogP contribution in [0.4, 0.5) is 5.69 Å². The number of nitrogens with zero attached hydrogens (tertiary/aromatic N) is 5. The van der Waals surface area contributed by atoms with Gasteiger partial charge in [0.15, 0.2) is 6.04 Å². The average molecular weight is 481 g/mol. The van der Waals surface area contributed by atoms with Crippen molar-refractivity contribution in [2.75, 3.05) is 6.73 Å². The Morgan fingerprint density at radius 1 is 1.19 bits per heavy atom. The molecule has 0 fully saturated rings. The first-order valence-electron chi connectivity index (χ1n) is 9.03. The van der Waals surface area contributed by atoms with Crippen LogP contribution in [0.3, 0.4) is 0 Å². The third-order valence-electron chi connectivity index (χ3n) is 4.66. The number of rotatable bonds is 5. The molecule has 0 bridgehead atoms. The predicted octanol–water partition coefficient (Wildman–Crippen LogP) is -0.200. The molecule has 2 heterocycles. The zero-order valence-electron chi connectivity index (χ0n) is 17.4. The van der Waals surface area contributed by atoms with Crippen LogP contribution < -0.4 is 29.6 Å². The summed E-state index contributed by atoms with van der Waals surface area (Å²) in [7, 11) is -4.63. The smallest absolute Gasteiger partial charge is 0.744 e. The van der Waals surface area contributed by atoms with Crippen LogP contribution in [0.5, 0.6) is 0 Å². The summed E-state index contributed by atoms with van der Waals surface area (Å²) in [5, 5.41) is 22.6. The number of hydrazone groups is 1. The van der Waals surface area contributed by atoms with Gasteiger partial charge in [-0.25, -0.2) is 18.4 Å². The zero-order chi connectivity index (χ0) is 22.3. The summed E-state index contributed by atoms with van der Waals surface area (Å²) in [6.07, 6.45) is 0. The normalized spacial score (nSPS) is 16.6. The van der Waals surface area contributed by atoms with Crippen molar-refractivity contribution in [3.05, 3.63) is 42.0 Å². The van der Waals surface area contributed by atoms with E-state index in [1.54, 1.807) is 50.2 Å². The maximum Gasteiger partial charge on any atom is 1.00 e. The topological polar surface area (TPSA) is 148 Å². The van der Waals surface area contributed by atoms with Crippen molar-refractivity contribution in [3.8, 4) is 10.6 Å². The first-order chi connectivity index (χ1) is 14.7. The molecule has 10 nitrogen and oxygen atoms in total. The van der Waals surface area contributed by atoms with Crippen molar-refractivity contribution in [1.29, 1.82) is 0 Å². The van der Waals surface area contributed by atoms with Crippen molar-refractivity contribution in [2.24, 2.45) is 15.3 Å². The molecular formula is C19H16N5NaO5S2. The molecule has 0 aliphatic carbocycles. The molecule has 1 aliphatic rings. The van der Waals surface area contributed by atoms with Gasteiger partial charge in [0, 0.05) is 5.56 Å². The first-order valence-corrected chi connectivity index (χ1v) is 11.3. The van der Waals surface area contributed by atoms with Gasteiger partial charge in [0.25, 0.3) is 5.91 Å². The maximum absolute atomic E-state index is 12.0. The molecule has 0 saturated heterocycles. The summed E-state index contributed by atoms with van der Waals surface area (Å²) < 4.78 is 35.4. The minimum atomic E-state index is -4.63. The summed E-state index contributed by atoms with van der Waals surface area (Å²) in [6.45, 7) is 2.68. The van der Waals surface area contributed by atoms with Gasteiger partial charge in [-0.2, -0.15) is 15.3 Å². The molecular weight excluding hydrogens is 465 g/mol. The quantitative estimate of drug-likeness (QED) is 0.303. The summed E-state index contributed by atoms with van der Waals surface area (Å²) in [5.41, 5.74) is 2.47. The van der Waals surface area contributed by atoms with E-state index >= 15 is 0 Å². The van der Waals surface area contributed by atoms with Crippen LogP contribution in [0.2, 0.25) is 0 Å². The number of thiazole rings is 1. The third-order valence-corrected chi connectivity index (χ3v) is 6.95. The van der Waals surface area contributed by atoms with Crippen LogP contribution in [0.15, 0.2) is 56.6 Å². The number of carbonyl (C=O) groups is 1. The number of aryl methyl sites for hydroxylation is 1. The van der Waals surface area contributed by atoms with Crippen LogP contribution in [0, 0.1) is 6.92 Å². The number of carbonyl (C=O) groups excluding carboxylic acids is 1.